The lowest BCUT2D eigenvalue weighted by Gasteiger charge is -2.33. The Balaban J connectivity index is 2.55. The molecule has 0 aromatic rings. The Labute approximate surface area is 158 Å². The van der Waals surface area contributed by atoms with Crippen molar-refractivity contribution >= 4 is 46.1 Å². The fraction of sp³-hybridized carbons (Fsp3) is 1.00. The van der Waals surface area contributed by atoms with E-state index in [0.29, 0.717) is 16.4 Å². The number of hydrogen-bond donors (Lipinski definition) is 1. The molecular weight excluding hydrogens is 431 g/mol. The van der Waals surface area contributed by atoms with Gasteiger partial charge in [0, 0.05) is 18.6 Å². The van der Waals surface area contributed by atoms with Gasteiger partial charge in [0.1, 0.15) is 6.10 Å². The van der Waals surface area contributed by atoms with Crippen LogP contribution in [0, 0.1) is 11.8 Å². The predicted octanol–water partition coefficient (Wildman–Crippen LogP) is 4.06. The second-order valence-electron chi connectivity index (χ2n) is 6.21. The molecule has 1 saturated heterocycles. The molecule has 0 amide bonds. The number of aliphatic hydroxyl groups is 1. The molecule has 0 unspecified atom stereocenters. The van der Waals surface area contributed by atoms with Crippen LogP contribution >= 0.6 is 46.1 Å². The van der Waals surface area contributed by atoms with E-state index in [1.54, 1.807) is 14.2 Å². The molecule has 1 rings (SSSR count). The van der Waals surface area contributed by atoms with Gasteiger partial charge in [-0.1, -0.05) is 36.4 Å². The van der Waals surface area contributed by atoms with E-state index in [9.17, 15) is 5.11 Å². The van der Waals surface area contributed by atoms with E-state index in [1.807, 2.05) is 0 Å². The molecular formula is C16H31IO3S2. The number of methoxy groups -OCH3 is 2. The SMILES string of the molecule is CO[C@@H](C[C@@H](C)CI)[C@@H](O)[C@H](C[C@@H](C)C1SCCCS1)OC. The first-order valence-electron chi connectivity index (χ1n) is 8.06. The van der Waals surface area contributed by atoms with Crippen molar-refractivity contribution in [3.63, 3.8) is 0 Å². The monoisotopic (exact) mass is 462 g/mol. The Morgan fingerprint density at radius 2 is 1.64 bits per heavy atom. The van der Waals surface area contributed by atoms with Gasteiger partial charge in [-0.25, -0.2) is 0 Å². The zero-order valence-corrected chi connectivity index (χ0v) is 18.0. The second kappa shape index (κ2) is 11.8. The minimum atomic E-state index is -0.554. The first kappa shape index (κ1) is 21.4. The van der Waals surface area contributed by atoms with Crippen LogP contribution in [0.2, 0.25) is 0 Å². The van der Waals surface area contributed by atoms with Gasteiger partial charge >= 0.3 is 0 Å². The number of thioether (sulfide) groups is 2. The van der Waals surface area contributed by atoms with Crippen LogP contribution in [0.4, 0.5) is 0 Å². The normalized spacial score (nSPS) is 23.7. The summed E-state index contributed by atoms with van der Waals surface area (Å²) in [5.41, 5.74) is 0. The molecule has 1 fully saturated rings. The Bertz CT molecular complexity index is 291. The van der Waals surface area contributed by atoms with Crippen LogP contribution in [-0.2, 0) is 9.47 Å². The topological polar surface area (TPSA) is 38.7 Å². The summed E-state index contributed by atoms with van der Waals surface area (Å²) in [6.07, 6.45) is 2.23. The van der Waals surface area contributed by atoms with Crippen molar-refractivity contribution in [3.05, 3.63) is 0 Å². The molecule has 0 bridgehead atoms. The quantitative estimate of drug-likeness (QED) is 0.392. The fourth-order valence-corrected chi connectivity index (χ4v) is 6.23. The molecule has 0 aromatic heterocycles. The van der Waals surface area contributed by atoms with E-state index < -0.39 is 6.10 Å². The van der Waals surface area contributed by atoms with E-state index >= 15 is 0 Å². The standard InChI is InChI=1S/C16H31IO3S2/c1-11(10-17)8-13(19-3)15(18)14(20-4)9-12(2)16-21-6-5-7-22-16/h11-16,18H,5-10H2,1-4H3/t11-,12-,13+,14+,15-/m1/s1. The van der Waals surface area contributed by atoms with Gasteiger partial charge in [-0.05, 0) is 42.6 Å². The predicted molar refractivity (Wildman–Crippen MR) is 107 cm³/mol. The van der Waals surface area contributed by atoms with Crippen molar-refractivity contribution in [1.29, 1.82) is 0 Å². The summed E-state index contributed by atoms with van der Waals surface area (Å²) < 4.78 is 12.9. The molecule has 6 heteroatoms. The number of aliphatic hydroxyl groups excluding tert-OH is 1. The lowest BCUT2D eigenvalue weighted by Crippen LogP contribution is -2.42. The van der Waals surface area contributed by atoms with Crippen LogP contribution in [0.1, 0.15) is 33.1 Å². The highest BCUT2D eigenvalue weighted by Crippen LogP contribution is 2.38. The van der Waals surface area contributed by atoms with Gasteiger partial charge in [0.15, 0.2) is 0 Å². The third kappa shape index (κ3) is 7.05. The van der Waals surface area contributed by atoms with Crippen molar-refractivity contribution in [2.75, 3.05) is 30.2 Å². The fourth-order valence-electron chi connectivity index (χ4n) is 2.76. The highest BCUT2D eigenvalue weighted by molar-refractivity contribution is 14.1. The summed E-state index contributed by atoms with van der Waals surface area (Å²) in [7, 11) is 3.40. The first-order valence-corrected chi connectivity index (χ1v) is 11.7. The maximum Gasteiger partial charge on any atom is 0.106 e. The zero-order valence-electron chi connectivity index (χ0n) is 14.2. The maximum atomic E-state index is 10.7. The van der Waals surface area contributed by atoms with Gasteiger partial charge in [0.25, 0.3) is 0 Å². The van der Waals surface area contributed by atoms with Gasteiger partial charge in [-0.3, -0.25) is 0 Å². The summed E-state index contributed by atoms with van der Waals surface area (Å²) in [5.74, 6) is 3.60. The van der Waals surface area contributed by atoms with Crippen molar-refractivity contribution in [3.8, 4) is 0 Å². The molecule has 0 aliphatic carbocycles. The Morgan fingerprint density at radius 3 is 2.14 bits per heavy atom. The van der Waals surface area contributed by atoms with Gasteiger partial charge in [0.2, 0.25) is 0 Å². The smallest absolute Gasteiger partial charge is 0.106 e. The number of halogens is 1. The maximum absolute atomic E-state index is 10.7. The van der Waals surface area contributed by atoms with Crippen molar-refractivity contribution < 1.29 is 14.6 Å². The van der Waals surface area contributed by atoms with E-state index in [-0.39, 0.29) is 12.2 Å². The second-order valence-corrected chi connectivity index (χ2v) is 9.89. The molecule has 1 N–H and O–H groups in total. The van der Waals surface area contributed by atoms with Crippen molar-refractivity contribution in [1.82, 2.24) is 0 Å². The zero-order chi connectivity index (χ0) is 16.5. The summed E-state index contributed by atoms with van der Waals surface area (Å²) >= 11 is 6.50. The van der Waals surface area contributed by atoms with Crippen LogP contribution in [0.3, 0.4) is 0 Å². The molecule has 0 aromatic carbocycles. The summed E-state index contributed by atoms with van der Waals surface area (Å²) in [5, 5.41) is 10.7. The van der Waals surface area contributed by atoms with Crippen LogP contribution in [0.15, 0.2) is 0 Å². The number of rotatable bonds is 10. The molecule has 0 saturated carbocycles. The van der Waals surface area contributed by atoms with E-state index in [0.717, 1.165) is 17.3 Å². The van der Waals surface area contributed by atoms with Gasteiger partial charge in [0.05, 0.1) is 16.8 Å². The minimum Gasteiger partial charge on any atom is -0.388 e. The van der Waals surface area contributed by atoms with E-state index in [2.05, 4.69) is 60.0 Å². The van der Waals surface area contributed by atoms with Crippen LogP contribution in [-0.4, -0.2) is 58.2 Å². The lowest BCUT2D eigenvalue weighted by molar-refractivity contribution is -0.0994. The number of ether oxygens (including phenoxy) is 2. The molecule has 22 heavy (non-hydrogen) atoms. The van der Waals surface area contributed by atoms with Crippen molar-refractivity contribution in [2.45, 2.75) is 56.0 Å². The largest absolute Gasteiger partial charge is 0.388 e. The molecule has 0 radical (unpaired) electrons. The average molecular weight is 462 g/mol. The van der Waals surface area contributed by atoms with Crippen LogP contribution in [0.5, 0.6) is 0 Å². The average Bonchev–Trinajstić information content (AvgIpc) is 2.57. The highest BCUT2D eigenvalue weighted by Gasteiger charge is 2.32. The summed E-state index contributed by atoms with van der Waals surface area (Å²) in [6.45, 7) is 4.48. The lowest BCUT2D eigenvalue weighted by atomic mass is 9.93. The van der Waals surface area contributed by atoms with Gasteiger partial charge in [-0.2, -0.15) is 0 Å². The molecule has 0 spiro atoms. The Hall–Kier alpha value is 1.31. The van der Waals surface area contributed by atoms with E-state index in [4.69, 9.17) is 9.47 Å². The molecule has 1 heterocycles. The summed E-state index contributed by atoms with van der Waals surface area (Å²) in [4.78, 5) is 0. The van der Waals surface area contributed by atoms with Crippen LogP contribution in [0.25, 0.3) is 0 Å². The van der Waals surface area contributed by atoms with E-state index in [1.165, 1.54) is 17.9 Å². The van der Waals surface area contributed by atoms with Crippen LogP contribution < -0.4 is 0 Å². The molecule has 1 aliphatic heterocycles. The molecule has 5 atom stereocenters. The number of alkyl halides is 1. The molecule has 132 valence electrons. The summed E-state index contributed by atoms with van der Waals surface area (Å²) in [6, 6.07) is 0. The van der Waals surface area contributed by atoms with Gasteiger partial charge in [-0.15, -0.1) is 23.5 Å². The Kier molecular flexibility index (Phi) is 11.4. The third-order valence-electron chi connectivity index (χ3n) is 4.19. The Morgan fingerprint density at radius 1 is 1.09 bits per heavy atom. The number of hydrogen-bond acceptors (Lipinski definition) is 5. The van der Waals surface area contributed by atoms with Crippen molar-refractivity contribution in [2.24, 2.45) is 11.8 Å². The first-order chi connectivity index (χ1) is 10.5. The third-order valence-corrected chi connectivity index (χ3v) is 9.14. The highest BCUT2D eigenvalue weighted by atomic mass is 127. The van der Waals surface area contributed by atoms with Gasteiger partial charge < -0.3 is 14.6 Å². The molecule has 1 aliphatic rings. The molecule has 3 nitrogen and oxygen atoms in total. The minimum absolute atomic E-state index is 0.145.